The Morgan fingerprint density at radius 1 is 0.436 bits per heavy atom. The SMILES string of the molecule is [N-]=[N+]=N[C@H]1[C@H](O[C@@H]2[C@@H](O)[C@H](OC(=O)c3ccccc3)[C@@H](OC(=O)c3ccccc3)[C@@H](OC(=O)c3ccccc3)[C@@H]2OC(=O)c2ccccc2)O[C@H](COCc2ccccc2)[C@@H](OCc2ccccc2)[C@@H]1OCc1ccccc1. The van der Waals surface area contributed by atoms with Gasteiger partial charge in [-0.25, -0.2) is 19.2 Å². The molecular formula is C61H55N3O14. The summed E-state index contributed by atoms with van der Waals surface area (Å²) >= 11 is 0. The predicted octanol–water partition coefficient (Wildman–Crippen LogP) is 9.44. The zero-order chi connectivity index (χ0) is 54.1. The Hall–Kier alpha value is -8.51. The third-order valence-corrected chi connectivity index (χ3v) is 13.0. The summed E-state index contributed by atoms with van der Waals surface area (Å²) in [6.45, 7) is 0.0614. The van der Waals surface area contributed by atoms with E-state index in [-0.39, 0.29) is 48.7 Å². The van der Waals surface area contributed by atoms with E-state index in [1.165, 1.54) is 48.5 Å². The third kappa shape index (κ3) is 13.9. The highest BCUT2D eigenvalue weighted by atomic mass is 16.7. The van der Waals surface area contributed by atoms with Crippen LogP contribution in [0.15, 0.2) is 217 Å². The molecule has 1 aliphatic carbocycles. The maximum atomic E-state index is 14.5. The predicted molar refractivity (Wildman–Crippen MR) is 281 cm³/mol. The highest BCUT2D eigenvalue weighted by Crippen LogP contribution is 2.38. The quantitative estimate of drug-likeness (QED) is 0.0233. The molecule has 0 amide bonds. The molecule has 0 spiro atoms. The molecule has 0 aromatic heterocycles. The number of aliphatic hydroxyl groups is 1. The Labute approximate surface area is 449 Å². The van der Waals surface area contributed by atoms with E-state index in [1.807, 2.05) is 91.0 Å². The Morgan fingerprint density at radius 2 is 0.769 bits per heavy atom. The molecule has 2 aliphatic rings. The fourth-order valence-electron chi connectivity index (χ4n) is 9.17. The molecule has 1 heterocycles. The van der Waals surface area contributed by atoms with Crippen molar-refractivity contribution in [3.63, 3.8) is 0 Å². The van der Waals surface area contributed by atoms with Crippen molar-refractivity contribution in [1.82, 2.24) is 0 Å². The molecule has 0 bridgehead atoms. The van der Waals surface area contributed by atoms with Gasteiger partial charge in [0.05, 0.1) is 48.7 Å². The summed E-state index contributed by atoms with van der Waals surface area (Å²) in [5.74, 6) is -3.90. The van der Waals surface area contributed by atoms with Crippen molar-refractivity contribution < 1.29 is 66.9 Å². The van der Waals surface area contributed by atoms with Crippen LogP contribution >= 0.6 is 0 Å². The Bertz CT molecular complexity index is 3070. The molecule has 17 nitrogen and oxygen atoms in total. The van der Waals surface area contributed by atoms with Crippen LogP contribution in [-0.2, 0) is 62.5 Å². The number of carbonyl (C=O) groups is 4. The lowest BCUT2D eigenvalue weighted by Crippen LogP contribution is -2.70. The first-order valence-corrected chi connectivity index (χ1v) is 25.2. The van der Waals surface area contributed by atoms with Crippen molar-refractivity contribution in [2.75, 3.05) is 6.61 Å². The summed E-state index contributed by atoms with van der Waals surface area (Å²) in [6, 6.07) is 57.9. The lowest BCUT2D eigenvalue weighted by molar-refractivity contribution is -0.325. The largest absolute Gasteiger partial charge is 0.452 e. The molecular weight excluding hydrogens is 999 g/mol. The van der Waals surface area contributed by atoms with Crippen LogP contribution in [0.3, 0.4) is 0 Å². The average molecular weight is 1050 g/mol. The van der Waals surface area contributed by atoms with Gasteiger partial charge in [0.1, 0.15) is 36.6 Å². The van der Waals surface area contributed by atoms with Crippen molar-refractivity contribution >= 4 is 23.9 Å². The van der Waals surface area contributed by atoms with Gasteiger partial charge >= 0.3 is 23.9 Å². The maximum Gasteiger partial charge on any atom is 0.338 e. The van der Waals surface area contributed by atoms with Crippen LogP contribution in [0.1, 0.15) is 58.1 Å². The average Bonchev–Trinajstić information content (AvgIpc) is 3.50. The molecule has 9 rings (SSSR count). The number of esters is 4. The number of ether oxygens (including phenoxy) is 9. The zero-order valence-corrected chi connectivity index (χ0v) is 42.0. The molecule has 1 N–H and O–H groups in total. The summed E-state index contributed by atoms with van der Waals surface area (Å²) in [7, 11) is 0. The van der Waals surface area contributed by atoms with Crippen molar-refractivity contribution in [2.24, 2.45) is 5.11 Å². The smallest absolute Gasteiger partial charge is 0.338 e. The van der Waals surface area contributed by atoms with Crippen molar-refractivity contribution in [3.05, 3.63) is 262 Å². The normalized spacial score (nSPS) is 23.6. The Balaban J connectivity index is 1.17. The van der Waals surface area contributed by atoms with E-state index in [0.717, 1.165) is 16.7 Å². The second-order valence-corrected chi connectivity index (χ2v) is 18.3. The van der Waals surface area contributed by atoms with Gasteiger partial charge < -0.3 is 47.7 Å². The summed E-state index contributed by atoms with van der Waals surface area (Å²) < 4.78 is 58.4. The number of hydrogen-bond donors (Lipinski definition) is 1. The van der Waals surface area contributed by atoms with Gasteiger partial charge in [-0.3, -0.25) is 0 Å². The summed E-state index contributed by atoms with van der Waals surface area (Å²) in [5.41, 5.74) is 13.0. The van der Waals surface area contributed by atoms with E-state index in [4.69, 9.17) is 42.6 Å². The molecule has 2 fully saturated rings. The highest BCUT2D eigenvalue weighted by Gasteiger charge is 2.60. The molecule has 398 valence electrons. The molecule has 1 aliphatic heterocycles. The van der Waals surface area contributed by atoms with Gasteiger partial charge in [0.2, 0.25) is 0 Å². The van der Waals surface area contributed by atoms with E-state index < -0.39 is 91.1 Å². The van der Waals surface area contributed by atoms with Gasteiger partial charge in [-0.15, -0.1) is 0 Å². The summed E-state index contributed by atoms with van der Waals surface area (Å²) in [5, 5.41) is 17.2. The number of hydrogen-bond acceptors (Lipinski definition) is 15. The molecule has 7 aromatic carbocycles. The van der Waals surface area contributed by atoms with E-state index in [0.29, 0.717) is 0 Å². The van der Waals surface area contributed by atoms with Gasteiger partial charge in [0.25, 0.3) is 0 Å². The van der Waals surface area contributed by atoms with Gasteiger partial charge in [0.15, 0.2) is 30.7 Å². The highest BCUT2D eigenvalue weighted by molar-refractivity contribution is 5.92. The molecule has 78 heavy (non-hydrogen) atoms. The number of nitrogens with zero attached hydrogens (tertiary/aromatic N) is 3. The van der Waals surface area contributed by atoms with E-state index in [9.17, 15) is 29.8 Å². The van der Waals surface area contributed by atoms with E-state index in [2.05, 4.69) is 10.0 Å². The van der Waals surface area contributed by atoms with Gasteiger partial charge in [0, 0.05) is 4.91 Å². The summed E-state index contributed by atoms with van der Waals surface area (Å²) in [6.07, 6.45) is -16.7. The van der Waals surface area contributed by atoms with Crippen LogP contribution in [-0.4, -0.2) is 103 Å². The van der Waals surface area contributed by atoms with Crippen LogP contribution in [0.25, 0.3) is 10.4 Å². The molecule has 17 heteroatoms. The van der Waals surface area contributed by atoms with Crippen LogP contribution in [0.2, 0.25) is 0 Å². The first kappa shape index (κ1) is 54.3. The fourth-order valence-corrected chi connectivity index (χ4v) is 9.17. The molecule has 1 saturated heterocycles. The van der Waals surface area contributed by atoms with Crippen molar-refractivity contribution in [2.45, 2.75) is 87.1 Å². The van der Waals surface area contributed by atoms with Crippen LogP contribution < -0.4 is 0 Å². The van der Waals surface area contributed by atoms with Crippen LogP contribution in [0, 0.1) is 0 Å². The van der Waals surface area contributed by atoms with Crippen LogP contribution in [0.5, 0.6) is 0 Å². The second kappa shape index (κ2) is 27.0. The number of carbonyl (C=O) groups excluding carboxylic acids is 4. The first-order chi connectivity index (χ1) is 38.2. The lowest BCUT2D eigenvalue weighted by atomic mass is 9.83. The Kier molecular flexibility index (Phi) is 18.8. The van der Waals surface area contributed by atoms with E-state index in [1.54, 1.807) is 72.8 Å². The standard InChI is InChI=1S/C61H55N3O14/c62-64-63-48-51(72-38-42-26-12-3-13-27-42)50(71-37-41-24-10-2-11-25-41)47(39-70-36-40-22-8-1-9-23-40)73-61(48)78-53-49(65)52(74-57(66)43-28-14-4-15-29-43)54(75-58(67)44-30-16-5-17-31-44)56(77-60(69)46-34-20-7-21-35-46)55(53)76-59(68)45-32-18-6-19-33-45/h1-35,47-56,61,65H,36-39H2/t47-,48-,49+,50-,51-,52+,53-,54-,55-,56-,61+/m1/s1. The monoisotopic (exact) mass is 1050 g/mol. The lowest BCUT2D eigenvalue weighted by Gasteiger charge is -2.50. The van der Waals surface area contributed by atoms with Gasteiger partial charge in [-0.1, -0.05) is 169 Å². The minimum Gasteiger partial charge on any atom is -0.452 e. The molecule has 11 atom stereocenters. The second-order valence-electron chi connectivity index (χ2n) is 18.3. The molecule has 0 radical (unpaired) electrons. The summed E-state index contributed by atoms with van der Waals surface area (Å²) in [4.78, 5) is 60.6. The van der Waals surface area contributed by atoms with E-state index >= 15 is 0 Å². The van der Waals surface area contributed by atoms with Crippen molar-refractivity contribution in [1.29, 1.82) is 0 Å². The van der Waals surface area contributed by atoms with Gasteiger partial charge in [-0.2, -0.15) is 0 Å². The number of rotatable bonds is 21. The van der Waals surface area contributed by atoms with Crippen LogP contribution in [0.4, 0.5) is 0 Å². The molecule has 1 saturated carbocycles. The fraction of sp³-hybridized carbons (Fsp3) is 0.246. The Morgan fingerprint density at radius 3 is 1.17 bits per heavy atom. The number of azide groups is 1. The number of aliphatic hydroxyl groups excluding tert-OH is 1. The maximum absolute atomic E-state index is 14.5. The minimum atomic E-state index is -2.11. The molecule has 0 unspecified atom stereocenters. The minimum absolute atomic E-state index is 0.00861. The zero-order valence-electron chi connectivity index (χ0n) is 42.0. The first-order valence-electron chi connectivity index (χ1n) is 25.2. The topological polar surface area (TPSA) is 220 Å². The van der Waals surface area contributed by atoms with Crippen molar-refractivity contribution in [3.8, 4) is 0 Å². The molecule has 7 aromatic rings. The number of benzene rings is 7. The van der Waals surface area contributed by atoms with Gasteiger partial charge in [-0.05, 0) is 70.8 Å². The third-order valence-electron chi connectivity index (χ3n) is 13.0.